The first kappa shape index (κ1) is 21.9. The lowest BCUT2D eigenvalue weighted by Crippen LogP contribution is -2.01. The fourth-order valence-electron chi connectivity index (χ4n) is 3.04. The molecule has 0 fully saturated rings. The lowest BCUT2D eigenvalue weighted by Gasteiger charge is -2.18. The Hall–Kier alpha value is -2.79. The maximum absolute atomic E-state index is 12.3. The second-order valence-corrected chi connectivity index (χ2v) is 9.20. The van der Waals surface area contributed by atoms with Crippen molar-refractivity contribution in [3.05, 3.63) is 58.3 Å². The Balaban J connectivity index is 2.44. The smallest absolute Gasteiger partial charge is 0.175 e. The van der Waals surface area contributed by atoms with Crippen LogP contribution in [0.2, 0.25) is 10.0 Å². The highest BCUT2D eigenvalue weighted by Gasteiger charge is 2.21. The third-order valence-corrected chi connectivity index (χ3v) is 6.05. The molecule has 30 heavy (non-hydrogen) atoms. The number of benzene rings is 2. The molecule has 0 amide bonds. The van der Waals surface area contributed by atoms with E-state index in [4.69, 9.17) is 32.7 Å². The van der Waals surface area contributed by atoms with Gasteiger partial charge in [0.05, 0.1) is 34.7 Å². The Bertz CT molecular complexity index is 1260. The fraction of sp³-hybridized carbons (Fsp3) is 0.143. The number of ether oxygens (including phenoxy) is 2. The van der Waals surface area contributed by atoms with Gasteiger partial charge < -0.3 is 9.47 Å². The number of methoxy groups -OCH3 is 2. The van der Waals surface area contributed by atoms with Crippen LogP contribution >= 0.6 is 23.2 Å². The molecule has 0 aliphatic heterocycles. The zero-order valence-electron chi connectivity index (χ0n) is 16.2. The lowest BCUT2D eigenvalue weighted by atomic mass is 9.93. The lowest BCUT2D eigenvalue weighted by molar-refractivity contribution is 0.415. The summed E-state index contributed by atoms with van der Waals surface area (Å²) in [4.78, 5) is 4.17. The molecule has 0 aliphatic rings. The van der Waals surface area contributed by atoms with E-state index in [0.29, 0.717) is 39.3 Å². The van der Waals surface area contributed by atoms with Gasteiger partial charge in [-0.25, -0.2) is 8.42 Å². The maximum Gasteiger partial charge on any atom is 0.175 e. The van der Waals surface area contributed by atoms with Crippen LogP contribution in [0.1, 0.15) is 5.56 Å². The second-order valence-electron chi connectivity index (χ2n) is 6.37. The molecular formula is C21H16Cl2N2O4S. The van der Waals surface area contributed by atoms with Crippen LogP contribution in [0.3, 0.4) is 0 Å². The van der Waals surface area contributed by atoms with Gasteiger partial charge in [-0.15, -0.1) is 0 Å². The molecule has 3 aromatic rings. The Kier molecular flexibility index (Phi) is 6.22. The number of hydrogen-bond donors (Lipinski definition) is 0. The summed E-state index contributed by atoms with van der Waals surface area (Å²) >= 11 is 12.6. The largest absolute Gasteiger partial charge is 0.496 e. The predicted molar refractivity (Wildman–Crippen MR) is 116 cm³/mol. The summed E-state index contributed by atoms with van der Waals surface area (Å²) in [6.45, 7) is 0. The van der Waals surface area contributed by atoms with Crippen LogP contribution in [0.5, 0.6) is 11.5 Å². The van der Waals surface area contributed by atoms with Crippen LogP contribution in [-0.2, 0) is 9.84 Å². The van der Waals surface area contributed by atoms with Crippen LogP contribution in [0.15, 0.2) is 47.6 Å². The molecule has 1 aromatic heterocycles. The normalized spacial score (nSPS) is 11.1. The van der Waals surface area contributed by atoms with E-state index in [0.717, 1.165) is 6.26 Å². The molecule has 0 N–H and O–H groups in total. The van der Waals surface area contributed by atoms with E-state index in [1.165, 1.54) is 32.5 Å². The molecular weight excluding hydrogens is 447 g/mol. The standard InChI is InChI=1S/C21H16Cl2N2O4S/c1-28-19-8-15(30(3,26)27)7-16(13-5-17(22)21(29-2)18(23)6-13)20(19)14-4-12(9-24)10-25-11-14/h4-8,10-11H,1-3H3. The Morgan fingerprint density at radius 3 is 2.17 bits per heavy atom. The zero-order valence-corrected chi connectivity index (χ0v) is 18.6. The maximum atomic E-state index is 12.3. The van der Waals surface area contributed by atoms with Crippen LogP contribution in [0.4, 0.5) is 0 Å². The van der Waals surface area contributed by atoms with Gasteiger partial charge in [-0.3, -0.25) is 4.98 Å². The topological polar surface area (TPSA) is 89.3 Å². The number of nitrogens with zero attached hydrogens (tertiary/aromatic N) is 2. The number of nitriles is 1. The van der Waals surface area contributed by atoms with Crippen LogP contribution < -0.4 is 9.47 Å². The Morgan fingerprint density at radius 2 is 1.63 bits per heavy atom. The molecule has 9 heteroatoms. The molecule has 0 atom stereocenters. The van der Waals surface area contributed by atoms with Gasteiger partial charge in [0.1, 0.15) is 11.8 Å². The number of pyridine rings is 1. The minimum atomic E-state index is -3.55. The van der Waals surface area contributed by atoms with Gasteiger partial charge in [0, 0.05) is 29.8 Å². The van der Waals surface area contributed by atoms with Crippen molar-refractivity contribution in [3.8, 4) is 39.8 Å². The highest BCUT2D eigenvalue weighted by atomic mass is 35.5. The summed E-state index contributed by atoms with van der Waals surface area (Å²) in [5.74, 6) is 0.607. The predicted octanol–water partition coefficient (Wildman–Crippen LogP) is 5.01. The molecule has 6 nitrogen and oxygen atoms in total. The van der Waals surface area contributed by atoms with Gasteiger partial charge in [0.15, 0.2) is 15.6 Å². The molecule has 2 aromatic carbocycles. The summed E-state index contributed by atoms with van der Waals surface area (Å²) < 4.78 is 35.3. The minimum Gasteiger partial charge on any atom is -0.496 e. The van der Waals surface area contributed by atoms with Crippen molar-refractivity contribution in [1.82, 2.24) is 4.98 Å². The Labute approximate surface area is 184 Å². The van der Waals surface area contributed by atoms with Gasteiger partial charge in [-0.2, -0.15) is 5.26 Å². The van der Waals surface area contributed by atoms with Crippen molar-refractivity contribution in [2.45, 2.75) is 4.90 Å². The van der Waals surface area contributed by atoms with Crippen LogP contribution in [0.25, 0.3) is 22.3 Å². The number of sulfone groups is 1. The molecule has 0 saturated carbocycles. The van der Waals surface area contributed by atoms with Gasteiger partial charge in [-0.1, -0.05) is 23.2 Å². The van der Waals surface area contributed by atoms with E-state index in [9.17, 15) is 13.7 Å². The SMILES string of the molecule is COc1cc(S(C)(=O)=O)cc(-c2cc(Cl)c(OC)c(Cl)c2)c1-c1cncc(C#N)c1. The first-order chi connectivity index (χ1) is 14.2. The van der Waals surface area contributed by atoms with Crippen molar-refractivity contribution in [3.63, 3.8) is 0 Å². The van der Waals surface area contributed by atoms with Crippen LogP contribution in [0, 0.1) is 11.3 Å². The van der Waals surface area contributed by atoms with Crippen molar-refractivity contribution in [1.29, 1.82) is 5.26 Å². The van der Waals surface area contributed by atoms with E-state index in [1.54, 1.807) is 24.4 Å². The third kappa shape index (κ3) is 4.21. The van der Waals surface area contributed by atoms with Gasteiger partial charge >= 0.3 is 0 Å². The highest BCUT2D eigenvalue weighted by molar-refractivity contribution is 7.90. The first-order valence-electron chi connectivity index (χ1n) is 8.50. The van der Waals surface area contributed by atoms with Crippen molar-refractivity contribution < 1.29 is 17.9 Å². The minimum absolute atomic E-state index is 0.0607. The van der Waals surface area contributed by atoms with Crippen LogP contribution in [-0.4, -0.2) is 33.9 Å². The fourth-order valence-corrected chi connectivity index (χ4v) is 4.33. The molecule has 0 radical (unpaired) electrons. The number of halogens is 2. The molecule has 0 bridgehead atoms. The number of rotatable bonds is 5. The van der Waals surface area contributed by atoms with Crippen molar-refractivity contribution in [2.75, 3.05) is 20.5 Å². The van der Waals surface area contributed by atoms with E-state index in [1.807, 2.05) is 6.07 Å². The second kappa shape index (κ2) is 8.52. The average Bonchev–Trinajstić information content (AvgIpc) is 2.71. The summed E-state index contributed by atoms with van der Waals surface area (Å²) in [5, 5.41) is 9.78. The Morgan fingerprint density at radius 1 is 0.967 bits per heavy atom. The summed E-state index contributed by atoms with van der Waals surface area (Å²) in [7, 11) is -0.666. The molecule has 0 spiro atoms. The first-order valence-corrected chi connectivity index (χ1v) is 11.1. The zero-order chi connectivity index (χ0) is 22.1. The molecule has 0 saturated heterocycles. The average molecular weight is 463 g/mol. The molecule has 3 rings (SSSR count). The van der Waals surface area contributed by atoms with Gasteiger partial charge in [0.25, 0.3) is 0 Å². The molecule has 1 heterocycles. The van der Waals surface area contributed by atoms with E-state index in [2.05, 4.69) is 4.98 Å². The third-order valence-electron chi connectivity index (χ3n) is 4.39. The molecule has 0 unspecified atom stereocenters. The molecule has 154 valence electrons. The van der Waals surface area contributed by atoms with Crippen molar-refractivity contribution in [2.24, 2.45) is 0 Å². The van der Waals surface area contributed by atoms with E-state index < -0.39 is 9.84 Å². The van der Waals surface area contributed by atoms with E-state index >= 15 is 0 Å². The van der Waals surface area contributed by atoms with Gasteiger partial charge in [0.2, 0.25) is 0 Å². The summed E-state index contributed by atoms with van der Waals surface area (Å²) in [6.07, 6.45) is 4.10. The van der Waals surface area contributed by atoms with Crippen molar-refractivity contribution >= 4 is 33.0 Å². The quantitative estimate of drug-likeness (QED) is 0.528. The molecule has 0 aliphatic carbocycles. The number of hydrogen-bond acceptors (Lipinski definition) is 6. The highest BCUT2D eigenvalue weighted by Crippen LogP contribution is 2.44. The summed E-state index contributed by atoms with van der Waals surface area (Å²) in [6, 6.07) is 9.88. The monoisotopic (exact) mass is 462 g/mol. The summed E-state index contributed by atoms with van der Waals surface area (Å²) in [5.41, 5.74) is 2.51. The number of aromatic nitrogens is 1. The van der Waals surface area contributed by atoms with Gasteiger partial charge in [-0.05, 0) is 41.5 Å². The van der Waals surface area contributed by atoms with E-state index in [-0.39, 0.29) is 14.9 Å².